The zero-order valence-electron chi connectivity index (χ0n) is 12.1. The number of hydrogen-bond donors (Lipinski definition) is 3. The van der Waals surface area contributed by atoms with Crippen LogP contribution in [0.1, 0.15) is 20.7 Å². The van der Waals surface area contributed by atoms with Crippen LogP contribution in [-0.4, -0.2) is 22.2 Å². The van der Waals surface area contributed by atoms with E-state index in [9.17, 15) is 9.59 Å². The summed E-state index contributed by atoms with van der Waals surface area (Å²) in [5.41, 5.74) is 6.57. The predicted molar refractivity (Wildman–Crippen MR) is 88.7 cm³/mol. The third-order valence-electron chi connectivity index (χ3n) is 3.18. The van der Waals surface area contributed by atoms with E-state index >= 15 is 0 Å². The Morgan fingerprint density at radius 2 is 1.26 bits per heavy atom. The highest BCUT2D eigenvalue weighted by molar-refractivity contribution is 5.93. The van der Waals surface area contributed by atoms with E-state index in [0.29, 0.717) is 0 Å². The summed E-state index contributed by atoms with van der Waals surface area (Å²) >= 11 is 0. The number of carbonyl (C=O) groups is 2. The fourth-order valence-corrected chi connectivity index (χ4v) is 2.04. The molecular formula is C18H15NO4. The molecule has 5 heteroatoms. The summed E-state index contributed by atoms with van der Waals surface area (Å²) in [6.07, 6.45) is 0. The van der Waals surface area contributed by atoms with Gasteiger partial charge in [-0.3, -0.25) is 0 Å². The number of nitrogens with two attached hydrogens (primary N) is 1. The minimum absolute atomic E-state index is 0.0186. The van der Waals surface area contributed by atoms with E-state index in [4.69, 9.17) is 15.9 Å². The Labute approximate surface area is 132 Å². The molecule has 116 valence electrons. The summed E-state index contributed by atoms with van der Waals surface area (Å²) in [5.74, 6) is -2.25. The lowest BCUT2D eigenvalue weighted by Crippen LogP contribution is -2.01. The minimum Gasteiger partial charge on any atom is -0.478 e. The molecule has 4 N–H and O–H groups in total. The molecule has 0 aliphatic carbocycles. The topological polar surface area (TPSA) is 101 Å². The van der Waals surface area contributed by atoms with E-state index < -0.39 is 11.9 Å². The monoisotopic (exact) mass is 309 g/mol. The van der Waals surface area contributed by atoms with Gasteiger partial charge in [0.15, 0.2) is 0 Å². The van der Waals surface area contributed by atoms with Gasteiger partial charge in [-0.1, -0.05) is 42.5 Å². The number of carboxylic acid groups (broad SMARTS) is 2. The van der Waals surface area contributed by atoms with Gasteiger partial charge in [0.1, 0.15) is 0 Å². The van der Waals surface area contributed by atoms with Gasteiger partial charge in [-0.2, -0.15) is 0 Å². The second-order valence-electron chi connectivity index (χ2n) is 4.76. The quantitative estimate of drug-likeness (QED) is 0.629. The molecule has 3 rings (SSSR count). The first kappa shape index (κ1) is 16.0. The van der Waals surface area contributed by atoms with Gasteiger partial charge in [0.25, 0.3) is 0 Å². The molecule has 0 saturated heterocycles. The van der Waals surface area contributed by atoms with Crippen molar-refractivity contribution in [3.05, 3.63) is 77.9 Å². The minimum atomic E-state index is -1.13. The van der Waals surface area contributed by atoms with Crippen molar-refractivity contribution in [3.8, 4) is 0 Å². The second-order valence-corrected chi connectivity index (χ2v) is 4.76. The first-order valence-corrected chi connectivity index (χ1v) is 6.79. The molecule has 0 bridgehead atoms. The van der Waals surface area contributed by atoms with Crippen LogP contribution in [0.5, 0.6) is 0 Å². The van der Waals surface area contributed by atoms with Crippen molar-refractivity contribution in [2.75, 3.05) is 5.73 Å². The fourth-order valence-electron chi connectivity index (χ4n) is 2.04. The number of carboxylic acids is 2. The van der Waals surface area contributed by atoms with Crippen LogP contribution in [0.15, 0.2) is 66.7 Å². The zero-order valence-corrected chi connectivity index (χ0v) is 12.1. The van der Waals surface area contributed by atoms with Gasteiger partial charge in [0.2, 0.25) is 0 Å². The van der Waals surface area contributed by atoms with Gasteiger partial charge in [0.05, 0.1) is 11.1 Å². The van der Waals surface area contributed by atoms with Crippen LogP contribution in [0.4, 0.5) is 5.69 Å². The Bertz CT molecular complexity index is 824. The van der Waals surface area contributed by atoms with E-state index in [1.165, 1.54) is 23.6 Å². The van der Waals surface area contributed by atoms with Crippen molar-refractivity contribution in [1.82, 2.24) is 0 Å². The summed E-state index contributed by atoms with van der Waals surface area (Å²) < 4.78 is 0. The van der Waals surface area contributed by atoms with E-state index in [2.05, 4.69) is 12.1 Å². The van der Waals surface area contributed by atoms with Gasteiger partial charge >= 0.3 is 11.9 Å². The van der Waals surface area contributed by atoms with Crippen molar-refractivity contribution in [2.24, 2.45) is 0 Å². The molecule has 0 aliphatic heterocycles. The lowest BCUT2D eigenvalue weighted by Gasteiger charge is -1.98. The molecule has 3 aromatic carbocycles. The van der Waals surface area contributed by atoms with Crippen LogP contribution in [0.3, 0.4) is 0 Å². The van der Waals surface area contributed by atoms with E-state index in [1.54, 1.807) is 0 Å². The average Bonchev–Trinajstić information content (AvgIpc) is 2.56. The SMILES string of the molecule is Nc1cccc2ccccc12.O=C(O)c1cccc(C(=O)O)c1. The maximum Gasteiger partial charge on any atom is 0.335 e. The highest BCUT2D eigenvalue weighted by atomic mass is 16.4. The summed E-state index contributed by atoms with van der Waals surface area (Å²) in [7, 11) is 0. The molecule has 0 spiro atoms. The largest absolute Gasteiger partial charge is 0.478 e. The van der Waals surface area contributed by atoms with Gasteiger partial charge < -0.3 is 15.9 Å². The van der Waals surface area contributed by atoms with Gasteiger partial charge in [0, 0.05) is 11.1 Å². The predicted octanol–water partition coefficient (Wildman–Crippen LogP) is 3.51. The number of aromatic carboxylic acids is 2. The zero-order chi connectivity index (χ0) is 16.8. The van der Waals surface area contributed by atoms with Crippen molar-refractivity contribution in [3.63, 3.8) is 0 Å². The molecule has 0 amide bonds. The van der Waals surface area contributed by atoms with Crippen LogP contribution in [-0.2, 0) is 0 Å². The smallest absolute Gasteiger partial charge is 0.335 e. The van der Waals surface area contributed by atoms with E-state index in [1.807, 2.05) is 30.3 Å². The Morgan fingerprint density at radius 1 is 0.739 bits per heavy atom. The summed E-state index contributed by atoms with van der Waals surface area (Å²) in [6.45, 7) is 0. The number of rotatable bonds is 2. The summed E-state index contributed by atoms with van der Waals surface area (Å²) in [4.78, 5) is 20.8. The molecule has 3 aromatic rings. The van der Waals surface area contributed by atoms with Crippen LogP contribution in [0.25, 0.3) is 10.8 Å². The first-order valence-electron chi connectivity index (χ1n) is 6.79. The molecule has 0 heterocycles. The molecule has 23 heavy (non-hydrogen) atoms. The van der Waals surface area contributed by atoms with Crippen molar-refractivity contribution in [2.45, 2.75) is 0 Å². The number of benzene rings is 3. The standard InChI is InChI=1S/C10H9N.C8H6O4/c11-10-7-3-5-8-4-1-2-6-9(8)10;9-7(10)5-2-1-3-6(4-5)8(11)12/h1-7H,11H2;1-4H,(H,9,10)(H,11,12). The lowest BCUT2D eigenvalue weighted by atomic mass is 10.1. The Kier molecular flexibility index (Phi) is 4.94. The van der Waals surface area contributed by atoms with Crippen LogP contribution >= 0.6 is 0 Å². The molecule has 0 aromatic heterocycles. The van der Waals surface area contributed by atoms with Crippen molar-refractivity contribution in [1.29, 1.82) is 0 Å². The molecule has 0 atom stereocenters. The third-order valence-corrected chi connectivity index (χ3v) is 3.18. The second kappa shape index (κ2) is 7.09. The Hall–Kier alpha value is -3.34. The Morgan fingerprint density at radius 3 is 1.83 bits per heavy atom. The molecule has 0 unspecified atom stereocenters. The maximum atomic E-state index is 10.4. The molecule has 0 aliphatic rings. The first-order chi connectivity index (χ1) is 11.0. The highest BCUT2D eigenvalue weighted by Gasteiger charge is 2.06. The fraction of sp³-hybridized carbons (Fsp3) is 0. The van der Waals surface area contributed by atoms with Crippen LogP contribution in [0, 0.1) is 0 Å². The number of anilines is 1. The number of hydrogen-bond acceptors (Lipinski definition) is 3. The molecule has 0 radical (unpaired) electrons. The lowest BCUT2D eigenvalue weighted by molar-refractivity contribution is 0.0696. The van der Waals surface area contributed by atoms with E-state index in [-0.39, 0.29) is 11.1 Å². The van der Waals surface area contributed by atoms with E-state index in [0.717, 1.165) is 17.1 Å². The van der Waals surface area contributed by atoms with Gasteiger partial charge in [-0.05, 0) is 29.7 Å². The average molecular weight is 309 g/mol. The normalized spacial score (nSPS) is 9.74. The molecule has 0 fully saturated rings. The molecule has 5 nitrogen and oxygen atoms in total. The van der Waals surface area contributed by atoms with Crippen molar-refractivity contribution >= 4 is 28.4 Å². The molecule has 0 saturated carbocycles. The Balaban J connectivity index is 0.000000167. The number of nitrogen functional groups attached to an aromatic ring is 1. The highest BCUT2D eigenvalue weighted by Crippen LogP contribution is 2.19. The van der Waals surface area contributed by atoms with Crippen LogP contribution in [0.2, 0.25) is 0 Å². The summed E-state index contributed by atoms with van der Waals surface area (Å²) in [6, 6.07) is 19.3. The van der Waals surface area contributed by atoms with Gasteiger partial charge in [-0.15, -0.1) is 0 Å². The maximum absolute atomic E-state index is 10.4. The van der Waals surface area contributed by atoms with Gasteiger partial charge in [-0.25, -0.2) is 9.59 Å². The number of fused-ring (bicyclic) bond motifs is 1. The van der Waals surface area contributed by atoms with Crippen molar-refractivity contribution < 1.29 is 19.8 Å². The van der Waals surface area contributed by atoms with Crippen LogP contribution < -0.4 is 5.73 Å². The molecular weight excluding hydrogens is 294 g/mol. The summed E-state index contributed by atoms with van der Waals surface area (Å²) in [5, 5.41) is 19.3. The third kappa shape index (κ3) is 4.07.